The molecule has 26 heavy (non-hydrogen) atoms. The average molecular weight is 401 g/mol. The number of anilines is 1. The van der Waals surface area contributed by atoms with E-state index in [0.717, 1.165) is 24.0 Å². The quantitative estimate of drug-likeness (QED) is 0.366. The van der Waals surface area contributed by atoms with E-state index in [1.54, 1.807) is 12.1 Å². The Morgan fingerprint density at radius 1 is 1.08 bits per heavy atom. The van der Waals surface area contributed by atoms with E-state index in [1.165, 1.54) is 46.1 Å². The summed E-state index contributed by atoms with van der Waals surface area (Å²) in [5.41, 5.74) is 1.99. The average Bonchev–Trinajstić information content (AvgIpc) is 3.26. The standard InChI is InChI=1S/C16H11N5O2S3/c22-21(23)11-6-7-12-13(8-11)24-15(18-12)26-16-20-19-14(25-16)17-9-10-4-2-1-3-5-10/h1-8H,9H2,(H,17,19). The molecule has 2 aromatic carbocycles. The topological polar surface area (TPSA) is 93.8 Å². The molecule has 7 nitrogen and oxygen atoms in total. The van der Waals surface area contributed by atoms with Crippen molar-refractivity contribution in [1.29, 1.82) is 0 Å². The highest BCUT2D eigenvalue weighted by atomic mass is 32.2. The largest absolute Gasteiger partial charge is 0.356 e. The van der Waals surface area contributed by atoms with Gasteiger partial charge in [-0.15, -0.1) is 21.5 Å². The number of nitrogens with one attached hydrogen (secondary N) is 1. The number of hydrogen-bond donors (Lipinski definition) is 1. The van der Waals surface area contributed by atoms with E-state index in [0.29, 0.717) is 6.54 Å². The lowest BCUT2D eigenvalue weighted by atomic mass is 10.2. The lowest BCUT2D eigenvalue weighted by Gasteiger charge is -2.00. The van der Waals surface area contributed by atoms with Gasteiger partial charge in [0.2, 0.25) is 5.13 Å². The number of aromatic nitrogens is 3. The first-order chi connectivity index (χ1) is 12.7. The molecule has 0 spiro atoms. The molecule has 0 aliphatic heterocycles. The Balaban J connectivity index is 1.45. The molecule has 0 atom stereocenters. The molecule has 0 amide bonds. The highest BCUT2D eigenvalue weighted by molar-refractivity contribution is 8.02. The van der Waals surface area contributed by atoms with Gasteiger partial charge in [-0.25, -0.2) is 4.98 Å². The molecule has 0 aliphatic rings. The fraction of sp³-hybridized carbons (Fsp3) is 0.0625. The van der Waals surface area contributed by atoms with Gasteiger partial charge in [0, 0.05) is 18.7 Å². The van der Waals surface area contributed by atoms with Gasteiger partial charge in [0.1, 0.15) is 0 Å². The first-order valence-electron chi connectivity index (χ1n) is 7.51. The van der Waals surface area contributed by atoms with Crippen LogP contribution in [0.25, 0.3) is 10.2 Å². The lowest BCUT2D eigenvalue weighted by Crippen LogP contribution is -1.98. The summed E-state index contributed by atoms with van der Waals surface area (Å²) >= 11 is 4.27. The maximum absolute atomic E-state index is 10.9. The predicted molar refractivity (Wildman–Crippen MR) is 104 cm³/mol. The molecule has 2 aromatic heterocycles. The summed E-state index contributed by atoms with van der Waals surface area (Å²) in [7, 11) is 0. The minimum atomic E-state index is -0.401. The van der Waals surface area contributed by atoms with Gasteiger partial charge in [0.25, 0.3) is 5.69 Å². The van der Waals surface area contributed by atoms with Crippen LogP contribution >= 0.6 is 34.4 Å². The monoisotopic (exact) mass is 401 g/mol. The van der Waals surface area contributed by atoms with Crippen molar-refractivity contribution in [3.05, 3.63) is 64.2 Å². The second-order valence-electron chi connectivity index (χ2n) is 5.20. The highest BCUT2D eigenvalue weighted by Gasteiger charge is 2.13. The number of nitro benzene ring substituents is 1. The zero-order valence-corrected chi connectivity index (χ0v) is 15.6. The van der Waals surface area contributed by atoms with Crippen LogP contribution in [0.3, 0.4) is 0 Å². The molecule has 0 aliphatic carbocycles. The van der Waals surface area contributed by atoms with Crippen LogP contribution in [0.1, 0.15) is 5.56 Å². The number of nitro groups is 1. The molecular weight excluding hydrogens is 390 g/mol. The van der Waals surface area contributed by atoms with Crippen molar-refractivity contribution in [3.63, 3.8) is 0 Å². The fourth-order valence-electron chi connectivity index (χ4n) is 2.22. The van der Waals surface area contributed by atoms with Crippen molar-refractivity contribution in [2.45, 2.75) is 15.2 Å². The van der Waals surface area contributed by atoms with E-state index in [9.17, 15) is 10.1 Å². The van der Waals surface area contributed by atoms with Gasteiger partial charge in [-0.1, -0.05) is 41.7 Å². The Morgan fingerprint density at radius 3 is 2.73 bits per heavy atom. The first-order valence-corrected chi connectivity index (χ1v) is 9.96. The molecule has 4 rings (SSSR count). The third-order valence-electron chi connectivity index (χ3n) is 3.43. The lowest BCUT2D eigenvalue weighted by molar-refractivity contribution is -0.384. The van der Waals surface area contributed by atoms with E-state index < -0.39 is 4.92 Å². The highest BCUT2D eigenvalue weighted by Crippen LogP contribution is 2.37. The zero-order chi connectivity index (χ0) is 17.9. The second-order valence-corrected chi connectivity index (χ2v) is 8.71. The summed E-state index contributed by atoms with van der Waals surface area (Å²) in [4.78, 5) is 15.0. The number of rotatable bonds is 6. The Hall–Kier alpha value is -2.56. The van der Waals surface area contributed by atoms with Crippen molar-refractivity contribution < 1.29 is 4.92 Å². The van der Waals surface area contributed by atoms with E-state index in [1.807, 2.05) is 30.3 Å². The molecule has 4 aromatic rings. The summed E-state index contributed by atoms with van der Waals surface area (Å²) in [5, 5.41) is 23.2. The Morgan fingerprint density at radius 2 is 1.92 bits per heavy atom. The Kier molecular flexibility index (Phi) is 4.78. The van der Waals surface area contributed by atoms with Gasteiger partial charge in [0.05, 0.1) is 15.1 Å². The maximum atomic E-state index is 10.9. The zero-order valence-electron chi connectivity index (χ0n) is 13.2. The van der Waals surface area contributed by atoms with Crippen molar-refractivity contribution in [2.75, 3.05) is 5.32 Å². The van der Waals surface area contributed by atoms with Crippen molar-refractivity contribution in [2.24, 2.45) is 0 Å². The second kappa shape index (κ2) is 7.36. The molecule has 0 radical (unpaired) electrons. The molecule has 1 N–H and O–H groups in total. The predicted octanol–water partition coefficient (Wildman–Crippen LogP) is 4.82. The summed E-state index contributed by atoms with van der Waals surface area (Å²) in [6, 6.07) is 14.7. The van der Waals surface area contributed by atoms with Crippen LogP contribution in [0, 0.1) is 10.1 Å². The molecular formula is C16H11N5O2S3. The van der Waals surface area contributed by atoms with Crippen LogP contribution in [0.5, 0.6) is 0 Å². The minimum Gasteiger partial charge on any atom is -0.356 e. The third-order valence-corrected chi connectivity index (χ3v) is 6.44. The maximum Gasteiger partial charge on any atom is 0.270 e. The van der Waals surface area contributed by atoms with Crippen LogP contribution in [0.4, 0.5) is 10.8 Å². The van der Waals surface area contributed by atoms with Gasteiger partial charge in [-0.3, -0.25) is 10.1 Å². The molecule has 0 fully saturated rings. The molecule has 130 valence electrons. The Labute approximate surface area is 160 Å². The van der Waals surface area contributed by atoms with Crippen molar-refractivity contribution >= 4 is 55.5 Å². The van der Waals surface area contributed by atoms with Crippen LogP contribution in [-0.4, -0.2) is 20.1 Å². The molecule has 0 bridgehead atoms. The van der Waals surface area contributed by atoms with E-state index in [4.69, 9.17) is 0 Å². The molecule has 0 unspecified atom stereocenters. The van der Waals surface area contributed by atoms with Gasteiger partial charge in [0.15, 0.2) is 8.68 Å². The number of fused-ring (bicyclic) bond motifs is 1. The molecule has 0 saturated carbocycles. The van der Waals surface area contributed by atoms with Crippen molar-refractivity contribution in [3.8, 4) is 0 Å². The number of non-ortho nitro benzene ring substituents is 1. The molecule has 0 saturated heterocycles. The number of thiazole rings is 1. The summed E-state index contributed by atoms with van der Waals surface area (Å²) < 4.78 is 2.34. The van der Waals surface area contributed by atoms with Crippen LogP contribution in [0.2, 0.25) is 0 Å². The SMILES string of the molecule is O=[N+]([O-])c1ccc2nc(Sc3nnc(NCc4ccccc4)s3)sc2c1. The number of hydrogen-bond acceptors (Lipinski definition) is 9. The smallest absolute Gasteiger partial charge is 0.270 e. The normalized spacial score (nSPS) is 10.9. The van der Waals surface area contributed by atoms with Crippen LogP contribution in [0.15, 0.2) is 57.2 Å². The number of nitrogens with zero attached hydrogens (tertiary/aromatic N) is 4. The van der Waals surface area contributed by atoms with E-state index in [2.05, 4.69) is 20.5 Å². The van der Waals surface area contributed by atoms with E-state index >= 15 is 0 Å². The van der Waals surface area contributed by atoms with Gasteiger partial charge >= 0.3 is 0 Å². The molecule has 2 heterocycles. The minimum absolute atomic E-state index is 0.0704. The summed E-state index contributed by atoms with van der Waals surface area (Å²) in [6.45, 7) is 0.685. The van der Waals surface area contributed by atoms with Crippen molar-refractivity contribution in [1.82, 2.24) is 15.2 Å². The summed E-state index contributed by atoms with van der Waals surface area (Å²) in [6.07, 6.45) is 0. The van der Waals surface area contributed by atoms with E-state index in [-0.39, 0.29) is 5.69 Å². The molecule has 10 heteroatoms. The number of benzene rings is 2. The van der Waals surface area contributed by atoms with Crippen LogP contribution in [-0.2, 0) is 6.54 Å². The van der Waals surface area contributed by atoms with Gasteiger partial charge in [-0.2, -0.15) is 0 Å². The fourth-order valence-corrected chi connectivity index (χ4v) is 5.27. The summed E-state index contributed by atoms with van der Waals surface area (Å²) in [5.74, 6) is 0. The van der Waals surface area contributed by atoms with Gasteiger partial charge < -0.3 is 5.32 Å². The first kappa shape index (κ1) is 16.9. The Bertz CT molecular complexity index is 1060. The van der Waals surface area contributed by atoms with Gasteiger partial charge in [-0.05, 0) is 23.4 Å². The van der Waals surface area contributed by atoms with Crippen LogP contribution < -0.4 is 5.32 Å². The third kappa shape index (κ3) is 3.82.